The van der Waals surface area contributed by atoms with Gasteiger partial charge in [-0.2, -0.15) is 0 Å². The van der Waals surface area contributed by atoms with Gasteiger partial charge in [-0.1, -0.05) is 72.8 Å². The molecule has 0 aromatic heterocycles. The normalized spacial score (nSPS) is 11.7. The van der Waals surface area contributed by atoms with Crippen molar-refractivity contribution in [3.8, 4) is 11.5 Å². The number of nitro groups is 1. The van der Waals surface area contributed by atoms with E-state index in [1.165, 1.54) is 12.1 Å². The number of benzene rings is 4. The van der Waals surface area contributed by atoms with Crippen molar-refractivity contribution in [2.75, 3.05) is 13.7 Å². The van der Waals surface area contributed by atoms with Gasteiger partial charge in [-0.25, -0.2) is 0 Å². The first kappa shape index (κ1) is 27.5. The minimum absolute atomic E-state index is 0.0333. The molecule has 4 aromatic rings. The minimum Gasteiger partial charge on any atom is -0.497 e. The van der Waals surface area contributed by atoms with Crippen molar-refractivity contribution < 1.29 is 19.2 Å². The lowest BCUT2D eigenvalue weighted by molar-refractivity contribution is -0.386. The van der Waals surface area contributed by atoms with Gasteiger partial charge in [-0.15, -0.1) is 0 Å². The summed E-state index contributed by atoms with van der Waals surface area (Å²) in [6, 6.07) is 31.8. The van der Waals surface area contributed by atoms with Gasteiger partial charge in [0.15, 0.2) is 11.5 Å². The zero-order valence-electron chi connectivity index (χ0n) is 22.2. The molecule has 0 fully saturated rings. The molecular formula is C32H32N2O5. The van der Waals surface area contributed by atoms with Crippen LogP contribution in [0.15, 0.2) is 103 Å². The molecule has 0 saturated heterocycles. The van der Waals surface area contributed by atoms with Crippen molar-refractivity contribution in [3.05, 3.63) is 135 Å². The van der Waals surface area contributed by atoms with Gasteiger partial charge in [0.1, 0.15) is 12.4 Å². The van der Waals surface area contributed by atoms with E-state index in [0.29, 0.717) is 6.54 Å². The van der Waals surface area contributed by atoms with Crippen LogP contribution in [0, 0.1) is 10.1 Å². The number of rotatable bonds is 13. The Balaban J connectivity index is 1.51. The number of Topliss-reactive ketones (excluding diaryl/α,β-unsaturated/α-hetero) is 1. The number of hydrogen-bond donors (Lipinski definition) is 0. The topological polar surface area (TPSA) is 81.9 Å². The molecule has 0 radical (unpaired) electrons. The predicted octanol–water partition coefficient (Wildman–Crippen LogP) is 6.50. The van der Waals surface area contributed by atoms with E-state index in [4.69, 9.17) is 9.47 Å². The first-order valence-corrected chi connectivity index (χ1v) is 12.8. The third-order valence-corrected chi connectivity index (χ3v) is 6.60. The first-order chi connectivity index (χ1) is 18.9. The Morgan fingerprint density at radius 1 is 0.872 bits per heavy atom. The Kier molecular flexibility index (Phi) is 9.43. The third-order valence-electron chi connectivity index (χ3n) is 6.60. The summed E-state index contributed by atoms with van der Waals surface area (Å²) in [4.78, 5) is 26.8. The van der Waals surface area contributed by atoms with Crippen molar-refractivity contribution in [2.45, 2.75) is 32.5 Å². The van der Waals surface area contributed by atoms with Crippen LogP contribution < -0.4 is 9.47 Å². The largest absolute Gasteiger partial charge is 0.497 e. The summed E-state index contributed by atoms with van der Waals surface area (Å²) in [7, 11) is 1.64. The third kappa shape index (κ3) is 7.75. The number of ether oxygens (including phenoxy) is 2. The SMILES string of the molecule is COc1ccc(CC(C)N(CC(=O)c2ccc(OCc3ccccc3)c([N+](=O)[O-])c2)Cc2ccccc2)cc1. The van der Waals surface area contributed by atoms with E-state index in [2.05, 4.69) is 11.8 Å². The Bertz CT molecular complexity index is 1380. The molecule has 7 nitrogen and oxygen atoms in total. The van der Waals surface area contributed by atoms with Gasteiger partial charge in [0, 0.05) is 24.2 Å². The standard InChI is InChI=1S/C32H32N2O5/c1-24(19-25-13-16-29(38-2)17-14-25)33(21-26-9-5-3-6-10-26)22-31(35)28-15-18-32(30(20-28)34(36)37)39-23-27-11-7-4-8-12-27/h3-18,20,24H,19,21-23H2,1-2H3. The van der Waals surface area contributed by atoms with E-state index < -0.39 is 4.92 Å². The number of carbonyl (C=O) groups is 1. The molecule has 0 aliphatic rings. The fourth-order valence-electron chi connectivity index (χ4n) is 4.38. The summed E-state index contributed by atoms with van der Waals surface area (Å²) >= 11 is 0. The summed E-state index contributed by atoms with van der Waals surface area (Å²) in [6.07, 6.45) is 0.733. The second-order valence-corrected chi connectivity index (χ2v) is 9.43. The second-order valence-electron chi connectivity index (χ2n) is 9.43. The van der Waals surface area contributed by atoms with E-state index in [1.54, 1.807) is 13.2 Å². The van der Waals surface area contributed by atoms with Gasteiger partial charge in [0.25, 0.3) is 0 Å². The van der Waals surface area contributed by atoms with E-state index >= 15 is 0 Å². The highest BCUT2D eigenvalue weighted by Crippen LogP contribution is 2.29. The fraction of sp³-hybridized carbons (Fsp3) is 0.219. The van der Waals surface area contributed by atoms with Crippen LogP contribution in [0.5, 0.6) is 11.5 Å². The summed E-state index contributed by atoms with van der Waals surface area (Å²) < 4.78 is 11.0. The molecule has 39 heavy (non-hydrogen) atoms. The van der Waals surface area contributed by atoms with Crippen LogP contribution in [0.1, 0.15) is 34.0 Å². The molecule has 0 saturated carbocycles. The molecule has 0 N–H and O–H groups in total. The number of nitro benzene ring substituents is 1. The van der Waals surface area contributed by atoms with Gasteiger partial charge < -0.3 is 9.47 Å². The summed E-state index contributed by atoms with van der Waals surface area (Å²) in [5, 5.41) is 11.8. The molecule has 7 heteroatoms. The lowest BCUT2D eigenvalue weighted by Crippen LogP contribution is -2.38. The maximum Gasteiger partial charge on any atom is 0.311 e. The molecule has 0 bridgehead atoms. The summed E-state index contributed by atoms with van der Waals surface area (Å²) in [6.45, 7) is 2.98. The van der Waals surface area contributed by atoms with Crippen LogP contribution in [0.4, 0.5) is 5.69 Å². The van der Waals surface area contributed by atoms with Crippen LogP contribution in [0.3, 0.4) is 0 Å². The number of methoxy groups -OCH3 is 1. The molecule has 200 valence electrons. The van der Waals surface area contributed by atoms with Crippen molar-refractivity contribution in [2.24, 2.45) is 0 Å². The number of ketones is 1. The lowest BCUT2D eigenvalue weighted by atomic mass is 10.0. The van der Waals surface area contributed by atoms with Crippen LogP contribution in [0.25, 0.3) is 0 Å². The molecule has 1 unspecified atom stereocenters. The lowest BCUT2D eigenvalue weighted by Gasteiger charge is -2.29. The Hall–Kier alpha value is -4.49. The van der Waals surface area contributed by atoms with E-state index in [0.717, 1.165) is 28.9 Å². The molecule has 4 aromatic carbocycles. The Morgan fingerprint density at radius 3 is 2.13 bits per heavy atom. The minimum atomic E-state index is -0.509. The van der Waals surface area contributed by atoms with Gasteiger partial charge in [-0.3, -0.25) is 19.8 Å². The fourth-order valence-corrected chi connectivity index (χ4v) is 4.38. The Morgan fingerprint density at radius 2 is 1.51 bits per heavy atom. The molecule has 1 atom stereocenters. The van der Waals surface area contributed by atoms with Gasteiger partial charge in [0.05, 0.1) is 18.6 Å². The molecule has 0 aliphatic carbocycles. The van der Waals surface area contributed by atoms with Crippen molar-refractivity contribution in [1.82, 2.24) is 4.90 Å². The van der Waals surface area contributed by atoms with Crippen LogP contribution in [-0.4, -0.2) is 35.3 Å². The maximum atomic E-state index is 13.4. The second kappa shape index (κ2) is 13.3. The van der Waals surface area contributed by atoms with Crippen LogP contribution in [-0.2, 0) is 19.6 Å². The van der Waals surface area contributed by atoms with Crippen LogP contribution in [0.2, 0.25) is 0 Å². The summed E-state index contributed by atoms with van der Waals surface area (Å²) in [5.74, 6) is 0.736. The van der Waals surface area contributed by atoms with E-state index in [9.17, 15) is 14.9 Å². The number of hydrogen-bond acceptors (Lipinski definition) is 6. The molecule has 0 heterocycles. The van der Waals surface area contributed by atoms with Gasteiger partial charge >= 0.3 is 5.69 Å². The molecule has 0 amide bonds. The Labute approximate surface area is 228 Å². The average Bonchev–Trinajstić information content (AvgIpc) is 2.97. The number of carbonyl (C=O) groups excluding carboxylic acids is 1. The van der Waals surface area contributed by atoms with Gasteiger partial charge in [-0.05, 0) is 54.3 Å². The van der Waals surface area contributed by atoms with Crippen molar-refractivity contribution in [1.29, 1.82) is 0 Å². The van der Waals surface area contributed by atoms with Gasteiger partial charge in [0.2, 0.25) is 0 Å². The monoisotopic (exact) mass is 524 g/mol. The average molecular weight is 525 g/mol. The highest BCUT2D eigenvalue weighted by Gasteiger charge is 2.23. The molecule has 0 aliphatic heterocycles. The smallest absolute Gasteiger partial charge is 0.311 e. The van der Waals surface area contributed by atoms with Crippen LogP contribution >= 0.6 is 0 Å². The van der Waals surface area contributed by atoms with E-state index in [1.807, 2.05) is 84.9 Å². The maximum absolute atomic E-state index is 13.4. The van der Waals surface area contributed by atoms with E-state index in [-0.39, 0.29) is 42.0 Å². The molecule has 0 spiro atoms. The molecule has 4 rings (SSSR count). The number of nitrogens with zero attached hydrogens (tertiary/aromatic N) is 2. The zero-order chi connectivity index (χ0) is 27.6. The van der Waals surface area contributed by atoms with Crippen molar-refractivity contribution in [3.63, 3.8) is 0 Å². The quantitative estimate of drug-likeness (QED) is 0.113. The first-order valence-electron chi connectivity index (χ1n) is 12.8. The predicted molar refractivity (Wildman–Crippen MR) is 151 cm³/mol. The zero-order valence-corrected chi connectivity index (χ0v) is 22.2. The molecular weight excluding hydrogens is 492 g/mol. The summed E-state index contributed by atoms with van der Waals surface area (Å²) in [5.41, 5.74) is 3.17. The highest BCUT2D eigenvalue weighted by molar-refractivity contribution is 5.98. The van der Waals surface area contributed by atoms with Crippen molar-refractivity contribution >= 4 is 11.5 Å². The highest BCUT2D eigenvalue weighted by atomic mass is 16.6.